The maximum Gasteiger partial charge on any atom is 0.0361 e. The summed E-state index contributed by atoms with van der Waals surface area (Å²) in [5.41, 5.74) is 2.64. The predicted octanol–water partition coefficient (Wildman–Crippen LogP) is 1.90. The van der Waals surface area contributed by atoms with Gasteiger partial charge < -0.3 is 10.2 Å². The molecule has 1 N–H and O–H groups in total. The fourth-order valence-corrected chi connectivity index (χ4v) is 1.39. The number of rotatable bonds is 4. The van der Waals surface area contributed by atoms with E-state index in [1.165, 1.54) is 11.3 Å². The monoisotopic (exact) mass is 192 g/mol. The lowest BCUT2D eigenvalue weighted by molar-refractivity contribution is 0.608. The maximum absolute atomic E-state index is 3.24. The van der Waals surface area contributed by atoms with Crippen LogP contribution in [0.5, 0.6) is 0 Å². The number of nitrogens with one attached hydrogen (secondary N) is 1. The molecular weight excluding hydrogens is 172 g/mol. The number of anilines is 1. The molecule has 0 radical (unpaired) electrons. The van der Waals surface area contributed by atoms with E-state index in [1.54, 1.807) is 0 Å². The Bertz CT molecular complexity index is 264. The lowest BCUT2D eigenvalue weighted by Crippen LogP contribution is -2.23. The van der Waals surface area contributed by atoms with Crippen molar-refractivity contribution in [3.8, 4) is 0 Å². The maximum atomic E-state index is 3.24. The molecule has 14 heavy (non-hydrogen) atoms. The van der Waals surface area contributed by atoms with E-state index < -0.39 is 0 Å². The molecule has 0 saturated heterocycles. The molecule has 1 aromatic rings. The van der Waals surface area contributed by atoms with E-state index in [0.717, 1.165) is 6.42 Å². The van der Waals surface area contributed by atoms with Gasteiger partial charge in [-0.1, -0.05) is 12.1 Å². The van der Waals surface area contributed by atoms with Crippen molar-refractivity contribution in [3.63, 3.8) is 0 Å². The molecule has 2 heteroatoms. The first kappa shape index (κ1) is 11.1. The lowest BCUT2D eigenvalue weighted by atomic mass is 10.1. The first-order chi connectivity index (χ1) is 6.63. The highest BCUT2D eigenvalue weighted by molar-refractivity contribution is 5.46. The van der Waals surface area contributed by atoms with Gasteiger partial charge in [-0.15, -0.1) is 0 Å². The molecule has 0 heterocycles. The topological polar surface area (TPSA) is 15.3 Å². The molecule has 1 aromatic carbocycles. The average molecular weight is 192 g/mol. The normalized spacial score (nSPS) is 12.6. The summed E-state index contributed by atoms with van der Waals surface area (Å²) < 4.78 is 0. The van der Waals surface area contributed by atoms with Crippen LogP contribution in [-0.4, -0.2) is 27.2 Å². The Balaban J connectivity index is 2.64. The lowest BCUT2D eigenvalue weighted by Gasteiger charge is -2.14. The molecule has 0 bridgehead atoms. The Hall–Kier alpha value is -1.02. The van der Waals surface area contributed by atoms with Gasteiger partial charge in [0, 0.05) is 25.8 Å². The smallest absolute Gasteiger partial charge is 0.0361 e. The van der Waals surface area contributed by atoms with Crippen molar-refractivity contribution in [1.82, 2.24) is 5.32 Å². The molecule has 0 aromatic heterocycles. The Morgan fingerprint density at radius 2 is 1.79 bits per heavy atom. The minimum atomic E-state index is 0.542. The Kier molecular flexibility index (Phi) is 3.96. The fourth-order valence-electron chi connectivity index (χ4n) is 1.39. The SMILES string of the molecule is CNC(C)Cc1ccc(N(C)C)cc1. The fraction of sp³-hybridized carbons (Fsp3) is 0.500. The van der Waals surface area contributed by atoms with Gasteiger partial charge in [-0.25, -0.2) is 0 Å². The van der Waals surface area contributed by atoms with Crippen molar-refractivity contribution in [1.29, 1.82) is 0 Å². The van der Waals surface area contributed by atoms with Crippen molar-refractivity contribution in [2.75, 3.05) is 26.0 Å². The van der Waals surface area contributed by atoms with E-state index in [0.29, 0.717) is 6.04 Å². The third-order valence-electron chi connectivity index (χ3n) is 2.49. The highest BCUT2D eigenvalue weighted by atomic mass is 15.1. The summed E-state index contributed by atoms with van der Waals surface area (Å²) in [4.78, 5) is 2.12. The molecule has 0 fully saturated rings. The number of hydrogen-bond donors (Lipinski definition) is 1. The van der Waals surface area contributed by atoms with Gasteiger partial charge in [-0.05, 0) is 38.1 Å². The summed E-state index contributed by atoms with van der Waals surface area (Å²) in [6.07, 6.45) is 1.09. The first-order valence-corrected chi connectivity index (χ1v) is 5.07. The largest absolute Gasteiger partial charge is 0.378 e. The van der Waals surface area contributed by atoms with Gasteiger partial charge in [-0.2, -0.15) is 0 Å². The van der Waals surface area contributed by atoms with Crippen LogP contribution in [0.4, 0.5) is 5.69 Å². The van der Waals surface area contributed by atoms with Crippen LogP contribution in [0.3, 0.4) is 0 Å². The molecule has 1 atom stereocenters. The van der Waals surface area contributed by atoms with E-state index in [-0.39, 0.29) is 0 Å². The second-order valence-electron chi connectivity index (χ2n) is 3.95. The van der Waals surface area contributed by atoms with Crippen LogP contribution in [0.15, 0.2) is 24.3 Å². The number of benzene rings is 1. The van der Waals surface area contributed by atoms with Crippen molar-refractivity contribution in [3.05, 3.63) is 29.8 Å². The zero-order chi connectivity index (χ0) is 10.6. The van der Waals surface area contributed by atoms with E-state index >= 15 is 0 Å². The van der Waals surface area contributed by atoms with Crippen LogP contribution in [0.25, 0.3) is 0 Å². The standard InChI is InChI=1S/C12H20N2/c1-10(13-2)9-11-5-7-12(8-6-11)14(3)4/h5-8,10,13H,9H2,1-4H3. The van der Waals surface area contributed by atoms with E-state index in [1.807, 2.05) is 7.05 Å². The van der Waals surface area contributed by atoms with Crippen molar-refractivity contribution in [2.24, 2.45) is 0 Å². The summed E-state index contributed by atoms with van der Waals surface area (Å²) >= 11 is 0. The van der Waals surface area contributed by atoms with Gasteiger partial charge in [0.15, 0.2) is 0 Å². The Labute approximate surface area is 86.9 Å². The Morgan fingerprint density at radius 3 is 2.21 bits per heavy atom. The molecule has 78 valence electrons. The first-order valence-electron chi connectivity index (χ1n) is 5.07. The van der Waals surface area contributed by atoms with Gasteiger partial charge >= 0.3 is 0 Å². The molecule has 0 aliphatic rings. The molecule has 0 spiro atoms. The predicted molar refractivity (Wildman–Crippen MR) is 63.0 cm³/mol. The minimum absolute atomic E-state index is 0.542. The molecule has 0 aliphatic carbocycles. The van der Waals surface area contributed by atoms with E-state index in [9.17, 15) is 0 Å². The van der Waals surface area contributed by atoms with Crippen LogP contribution in [-0.2, 0) is 6.42 Å². The van der Waals surface area contributed by atoms with Crippen LogP contribution in [0.2, 0.25) is 0 Å². The number of nitrogens with zero attached hydrogens (tertiary/aromatic N) is 1. The molecule has 2 nitrogen and oxygen atoms in total. The van der Waals surface area contributed by atoms with Gasteiger partial charge in [0.2, 0.25) is 0 Å². The van der Waals surface area contributed by atoms with Crippen molar-refractivity contribution >= 4 is 5.69 Å². The number of likely N-dealkylation sites (N-methyl/N-ethyl adjacent to an activating group) is 1. The highest BCUT2D eigenvalue weighted by Gasteiger charge is 2.00. The minimum Gasteiger partial charge on any atom is -0.378 e. The van der Waals surface area contributed by atoms with Crippen molar-refractivity contribution in [2.45, 2.75) is 19.4 Å². The zero-order valence-electron chi connectivity index (χ0n) is 9.54. The van der Waals surface area contributed by atoms with Gasteiger partial charge in [0.1, 0.15) is 0 Å². The van der Waals surface area contributed by atoms with Crippen LogP contribution >= 0.6 is 0 Å². The second kappa shape index (κ2) is 5.01. The quantitative estimate of drug-likeness (QED) is 0.784. The zero-order valence-corrected chi connectivity index (χ0v) is 9.54. The number of hydrogen-bond acceptors (Lipinski definition) is 2. The summed E-state index contributed by atoms with van der Waals surface area (Å²) in [5.74, 6) is 0. The van der Waals surface area contributed by atoms with Crippen LogP contribution in [0, 0.1) is 0 Å². The molecule has 1 rings (SSSR count). The summed E-state index contributed by atoms with van der Waals surface area (Å²) in [5, 5.41) is 3.24. The third kappa shape index (κ3) is 3.04. The molecular formula is C12H20N2. The average Bonchev–Trinajstić information content (AvgIpc) is 2.18. The molecule has 0 aliphatic heterocycles. The Morgan fingerprint density at radius 1 is 1.21 bits per heavy atom. The van der Waals surface area contributed by atoms with E-state index in [2.05, 4.69) is 55.5 Å². The van der Waals surface area contributed by atoms with E-state index in [4.69, 9.17) is 0 Å². The summed E-state index contributed by atoms with van der Waals surface area (Å²) in [7, 11) is 6.12. The van der Waals surface area contributed by atoms with Gasteiger partial charge in [0.05, 0.1) is 0 Å². The van der Waals surface area contributed by atoms with Crippen LogP contribution in [0.1, 0.15) is 12.5 Å². The highest BCUT2D eigenvalue weighted by Crippen LogP contribution is 2.13. The van der Waals surface area contributed by atoms with Crippen LogP contribution < -0.4 is 10.2 Å². The molecule has 0 amide bonds. The molecule has 1 unspecified atom stereocenters. The second-order valence-corrected chi connectivity index (χ2v) is 3.95. The van der Waals surface area contributed by atoms with Crippen molar-refractivity contribution < 1.29 is 0 Å². The van der Waals surface area contributed by atoms with Gasteiger partial charge in [0.25, 0.3) is 0 Å². The summed E-state index contributed by atoms with van der Waals surface area (Å²) in [6, 6.07) is 9.27. The third-order valence-corrected chi connectivity index (χ3v) is 2.49. The summed E-state index contributed by atoms with van der Waals surface area (Å²) in [6.45, 7) is 2.19. The van der Waals surface area contributed by atoms with Gasteiger partial charge in [-0.3, -0.25) is 0 Å². The molecule has 0 saturated carbocycles.